The zero-order chi connectivity index (χ0) is 14.0. The maximum atomic E-state index is 12.4. The monoisotopic (exact) mass is 283 g/mol. The summed E-state index contributed by atoms with van der Waals surface area (Å²) in [6, 6.07) is 4.72. The quantitative estimate of drug-likeness (QED) is 0.866. The van der Waals surface area contributed by atoms with Crippen molar-refractivity contribution in [2.75, 3.05) is 30.3 Å². The topological polar surface area (TPSA) is 78.5 Å². The largest absolute Gasteiger partial charge is 0.374 e. The molecule has 0 aromatic heterocycles. The van der Waals surface area contributed by atoms with Crippen LogP contribution in [-0.2, 0) is 14.8 Å². The Morgan fingerprint density at radius 1 is 1.21 bits per heavy atom. The molecule has 0 unspecified atom stereocenters. The summed E-state index contributed by atoms with van der Waals surface area (Å²) in [5.41, 5.74) is 1.24. The lowest BCUT2D eigenvalue weighted by Crippen LogP contribution is -2.31. The second-order valence-electron chi connectivity index (χ2n) is 4.20. The summed E-state index contributed by atoms with van der Waals surface area (Å²) < 4.78 is 26.1. The molecule has 2 rings (SSSR count). The minimum atomic E-state index is -3.50. The molecule has 1 aliphatic rings. The van der Waals surface area contributed by atoms with Gasteiger partial charge in [0.1, 0.15) is 0 Å². The highest BCUT2D eigenvalue weighted by molar-refractivity contribution is 7.89. The molecule has 2 N–H and O–H groups in total. The van der Waals surface area contributed by atoms with Crippen molar-refractivity contribution in [3.05, 3.63) is 18.2 Å². The molecule has 0 atom stereocenters. The Morgan fingerprint density at radius 2 is 1.89 bits per heavy atom. The van der Waals surface area contributed by atoms with Gasteiger partial charge in [0.2, 0.25) is 15.9 Å². The standard InChI is InChI=1S/C12H17N3O3S/c1-3-15(4-2)19(17,18)9-5-6-10-11(7-9)14-12(16)8-13-10/h5-7,13H,3-4,8H2,1-2H3,(H,14,16). The van der Waals surface area contributed by atoms with Gasteiger partial charge in [0, 0.05) is 13.1 Å². The van der Waals surface area contributed by atoms with E-state index in [0.29, 0.717) is 18.8 Å². The fourth-order valence-electron chi connectivity index (χ4n) is 2.02. The first-order valence-electron chi connectivity index (χ1n) is 6.17. The number of anilines is 2. The normalized spacial score (nSPS) is 14.8. The van der Waals surface area contributed by atoms with E-state index in [1.165, 1.54) is 10.4 Å². The number of nitrogens with one attached hydrogen (secondary N) is 2. The number of sulfonamides is 1. The average molecular weight is 283 g/mol. The predicted molar refractivity (Wildman–Crippen MR) is 73.7 cm³/mol. The van der Waals surface area contributed by atoms with Gasteiger partial charge >= 0.3 is 0 Å². The molecule has 7 heteroatoms. The minimum absolute atomic E-state index is 0.176. The Labute approximate surface area is 112 Å². The third-order valence-corrected chi connectivity index (χ3v) is 5.09. The zero-order valence-electron chi connectivity index (χ0n) is 10.9. The maximum Gasteiger partial charge on any atom is 0.243 e. The predicted octanol–water partition coefficient (Wildman–Crippen LogP) is 1.08. The van der Waals surface area contributed by atoms with E-state index in [4.69, 9.17) is 0 Å². The van der Waals surface area contributed by atoms with Gasteiger partial charge in [-0.3, -0.25) is 4.79 Å². The lowest BCUT2D eigenvalue weighted by molar-refractivity contribution is -0.114. The summed E-state index contributed by atoms with van der Waals surface area (Å²) in [5.74, 6) is -0.176. The van der Waals surface area contributed by atoms with Crippen LogP contribution in [-0.4, -0.2) is 38.3 Å². The van der Waals surface area contributed by atoms with Crippen LogP contribution >= 0.6 is 0 Å². The molecule has 0 saturated carbocycles. The van der Waals surface area contributed by atoms with Crippen molar-refractivity contribution in [1.29, 1.82) is 0 Å². The first kappa shape index (κ1) is 13.8. The van der Waals surface area contributed by atoms with Crippen molar-refractivity contribution in [3.63, 3.8) is 0 Å². The summed E-state index contributed by atoms with van der Waals surface area (Å²) in [6.45, 7) is 4.63. The molecule has 6 nitrogen and oxygen atoms in total. The lowest BCUT2D eigenvalue weighted by Gasteiger charge is -2.22. The maximum absolute atomic E-state index is 12.4. The lowest BCUT2D eigenvalue weighted by atomic mass is 10.2. The van der Waals surface area contributed by atoms with E-state index in [-0.39, 0.29) is 17.3 Å². The van der Waals surface area contributed by atoms with Gasteiger partial charge in [-0.05, 0) is 18.2 Å². The molecule has 1 aromatic carbocycles. The van der Waals surface area contributed by atoms with Crippen LogP contribution < -0.4 is 10.6 Å². The van der Waals surface area contributed by atoms with Crippen LogP contribution in [0.2, 0.25) is 0 Å². The summed E-state index contributed by atoms with van der Waals surface area (Å²) in [5, 5.41) is 5.59. The van der Waals surface area contributed by atoms with Gasteiger partial charge < -0.3 is 10.6 Å². The highest BCUT2D eigenvalue weighted by Crippen LogP contribution is 2.28. The van der Waals surface area contributed by atoms with Gasteiger partial charge in [0.15, 0.2) is 0 Å². The Morgan fingerprint density at radius 3 is 2.53 bits per heavy atom. The van der Waals surface area contributed by atoms with Crippen LogP contribution in [0.4, 0.5) is 11.4 Å². The van der Waals surface area contributed by atoms with Gasteiger partial charge in [-0.25, -0.2) is 8.42 Å². The van der Waals surface area contributed by atoms with Crippen LogP contribution in [0.25, 0.3) is 0 Å². The van der Waals surface area contributed by atoms with Crippen molar-refractivity contribution in [2.45, 2.75) is 18.7 Å². The Balaban J connectivity index is 2.42. The Bertz CT molecular complexity index is 594. The van der Waals surface area contributed by atoms with Gasteiger partial charge in [0.05, 0.1) is 22.8 Å². The molecular formula is C12H17N3O3S. The van der Waals surface area contributed by atoms with Crippen LogP contribution in [0.3, 0.4) is 0 Å². The van der Waals surface area contributed by atoms with Gasteiger partial charge in [-0.15, -0.1) is 0 Å². The molecule has 19 heavy (non-hydrogen) atoms. The van der Waals surface area contributed by atoms with E-state index in [9.17, 15) is 13.2 Å². The molecule has 0 fully saturated rings. The van der Waals surface area contributed by atoms with Gasteiger partial charge in [-0.2, -0.15) is 4.31 Å². The molecule has 1 aliphatic heterocycles. The second kappa shape index (κ2) is 5.18. The van der Waals surface area contributed by atoms with E-state index in [1.807, 2.05) is 0 Å². The third kappa shape index (κ3) is 2.57. The zero-order valence-corrected chi connectivity index (χ0v) is 11.8. The van der Waals surface area contributed by atoms with Crippen LogP contribution in [0, 0.1) is 0 Å². The van der Waals surface area contributed by atoms with Crippen LogP contribution in [0.5, 0.6) is 0 Å². The number of rotatable bonds is 4. The Hall–Kier alpha value is -1.60. The van der Waals surface area contributed by atoms with Crippen molar-refractivity contribution in [1.82, 2.24) is 4.31 Å². The molecule has 104 valence electrons. The van der Waals surface area contributed by atoms with Crippen LogP contribution in [0.15, 0.2) is 23.1 Å². The molecule has 1 amide bonds. The van der Waals surface area contributed by atoms with E-state index >= 15 is 0 Å². The highest BCUT2D eigenvalue weighted by atomic mass is 32.2. The summed E-state index contributed by atoms with van der Waals surface area (Å²) in [7, 11) is -3.50. The molecule has 0 saturated heterocycles. The smallest absolute Gasteiger partial charge is 0.243 e. The van der Waals surface area contributed by atoms with Gasteiger partial charge in [0.25, 0.3) is 0 Å². The molecule has 0 aliphatic carbocycles. The second-order valence-corrected chi connectivity index (χ2v) is 6.14. The number of hydrogen-bond donors (Lipinski definition) is 2. The van der Waals surface area contributed by atoms with Crippen molar-refractivity contribution in [2.24, 2.45) is 0 Å². The van der Waals surface area contributed by atoms with E-state index in [1.54, 1.807) is 26.0 Å². The molecule has 0 radical (unpaired) electrons. The van der Waals surface area contributed by atoms with E-state index in [0.717, 1.165) is 5.69 Å². The number of benzene rings is 1. The summed E-state index contributed by atoms with van der Waals surface area (Å²) in [4.78, 5) is 11.5. The van der Waals surface area contributed by atoms with E-state index in [2.05, 4.69) is 10.6 Å². The molecule has 0 bridgehead atoms. The first-order chi connectivity index (χ1) is 8.98. The summed E-state index contributed by atoms with van der Waals surface area (Å²) >= 11 is 0. The fraction of sp³-hybridized carbons (Fsp3) is 0.417. The number of amides is 1. The average Bonchev–Trinajstić information content (AvgIpc) is 2.38. The fourth-order valence-corrected chi connectivity index (χ4v) is 3.51. The van der Waals surface area contributed by atoms with Crippen LogP contribution in [0.1, 0.15) is 13.8 Å². The van der Waals surface area contributed by atoms with E-state index < -0.39 is 10.0 Å². The number of fused-ring (bicyclic) bond motifs is 1. The molecular weight excluding hydrogens is 266 g/mol. The Kier molecular flexibility index (Phi) is 3.77. The number of hydrogen-bond acceptors (Lipinski definition) is 4. The first-order valence-corrected chi connectivity index (χ1v) is 7.61. The van der Waals surface area contributed by atoms with Gasteiger partial charge in [-0.1, -0.05) is 13.8 Å². The molecule has 1 heterocycles. The number of carbonyl (C=O) groups excluding carboxylic acids is 1. The highest BCUT2D eigenvalue weighted by Gasteiger charge is 2.24. The van der Waals surface area contributed by atoms with Crippen molar-refractivity contribution < 1.29 is 13.2 Å². The summed E-state index contributed by atoms with van der Waals surface area (Å²) in [6.07, 6.45) is 0. The molecule has 0 spiro atoms. The van der Waals surface area contributed by atoms with Crippen molar-refractivity contribution >= 4 is 27.3 Å². The number of carbonyl (C=O) groups is 1. The van der Waals surface area contributed by atoms with Crippen molar-refractivity contribution in [3.8, 4) is 0 Å². The SMILES string of the molecule is CCN(CC)S(=O)(=O)c1ccc2c(c1)NC(=O)CN2. The minimum Gasteiger partial charge on any atom is -0.374 e. The molecule has 1 aromatic rings. The number of nitrogens with zero attached hydrogens (tertiary/aromatic N) is 1. The third-order valence-electron chi connectivity index (χ3n) is 3.05.